The van der Waals surface area contributed by atoms with Crippen LogP contribution in [0.1, 0.15) is 38.2 Å². The molecule has 0 aliphatic heterocycles. The number of halogens is 1. The standard InChI is InChI=1S/C14H19I/c1-3-7-12(2)8-6-10-13-9-4-5-11-14(13)15/h4-5,9,11H,2-3,6-8,10H2,1H3. The van der Waals surface area contributed by atoms with E-state index < -0.39 is 0 Å². The lowest BCUT2D eigenvalue weighted by Gasteiger charge is -2.05. The summed E-state index contributed by atoms with van der Waals surface area (Å²) in [6, 6.07) is 8.63. The van der Waals surface area contributed by atoms with Crippen LogP contribution in [0.4, 0.5) is 0 Å². The van der Waals surface area contributed by atoms with Gasteiger partial charge in [-0.2, -0.15) is 0 Å². The lowest BCUT2D eigenvalue weighted by molar-refractivity contribution is 0.760. The maximum absolute atomic E-state index is 4.10. The van der Waals surface area contributed by atoms with E-state index in [4.69, 9.17) is 0 Å². The molecule has 0 spiro atoms. The molecule has 0 fully saturated rings. The van der Waals surface area contributed by atoms with Crippen molar-refractivity contribution in [2.45, 2.75) is 39.0 Å². The Kier molecular flexibility index (Phi) is 5.99. The van der Waals surface area contributed by atoms with E-state index in [2.05, 4.69) is 60.4 Å². The molecule has 1 aromatic rings. The summed E-state index contributed by atoms with van der Waals surface area (Å²) in [6.45, 7) is 6.31. The van der Waals surface area contributed by atoms with Crippen molar-refractivity contribution in [3.05, 3.63) is 45.6 Å². The van der Waals surface area contributed by atoms with E-state index in [9.17, 15) is 0 Å². The molecule has 0 radical (unpaired) electrons. The number of hydrogen-bond donors (Lipinski definition) is 0. The molecule has 1 aromatic carbocycles. The first-order valence-corrected chi connectivity index (χ1v) is 6.72. The van der Waals surface area contributed by atoms with Gasteiger partial charge in [-0.05, 0) is 59.9 Å². The Bertz CT molecular complexity index is 315. The molecule has 0 bridgehead atoms. The van der Waals surface area contributed by atoms with Crippen LogP contribution in [0.25, 0.3) is 0 Å². The highest BCUT2D eigenvalue weighted by atomic mass is 127. The van der Waals surface area contributed by atoms with Gasteiger partial charge in [0.25, 0.3) is 0 Å². The molecule has 0 heterocycles. The number of allylic oxidation sites excluding steroid dienone is 1. The number of aryl methyl sites for hydroxylation is 1. The fraction of sp³-hybridized carbons (Fsp3) is 0.429. The molecular formula is C14H19I. The highest BCUT2D eigenvalue weighted by molar-refractivity contribution is 14.1. The second-order valence-electron chi connectivity index (χ2n) is 3.94. The fourth-order valence-corrected chi connectivity index (χ4v) is 2.37. The molecule has 0 saturated heterocycles. The number of hydrogen-bond acceptors (Lipinski definition) is 0. The van der Waals surface area contributed by atoms with E-state index in [1.165, 1.54) is 46.8 Å². The van der Waals surface area contributed by atoms with Gasteiger partial charge >= 0.3 is 0 Å². The van der Waals surface area contributed by atoms with Crippen molar-refractivity contribution in [2.75, 3.05) is 0 Å². The van der Waals surface area contributed by atoms with E-state index >= 15 is 0 Å². The second kappa shape index (κ2) is 7.04. The van der Waals surface area contributed by atoms with Crippen LogP contribution in [-0.2, 0) is 6.42 Å². The molecule has 0 amide bonds. The monoisotopic (exact) mass is 314 g/mol. The first kappa shape index (κ1) is 12.8. The van der Waals surface area contributed by atoms with Crippen LogP contribution >= 0.6 is 22.6 Å². The summed E-state index contributed by atoms with van der Waals surface area (Å²) in [5.41, 5.74) is 2.88. The molecule has 0 saturated carbocycles. The average Bonchev–Trinajstić information content (AvgIpc) is 2.21. The normalized spacial score (nSPS) is 10.3. The predicted molar refractivity (Wildman–Crippen MR) is 76.1 cm³/mol. The third kappa shape index (κ3) is 4.83. The Labute approximate surface area is 107 Å². The molecular weight excluding hydrogens is 295 g/mol. The molecule has 15 heavy (non-hydrogen) atoms. The fourth-order valence-electron chi connectivity index (χ4n) is 1.71. The minimum absolute atomic E-state index is 1.18. The first-order valence-electron chi connectivity index (χ1n) is 5.64. The van der Waals surface area contributed by atoms with Gasteiger partial charge in [-0.25, -0.2) is 0 Å². The van der Waals surface area contributed by atoms with Gasteiger partial charge in [0.2, 0.25) is 0 Å². The third-order valence-corrected chi connectivity index (χ3v) is 3.59. The summed E-state index contributed by atoms with van der Waals surface area (Å²) in [5.74, 6) is 0. The molecule has 0 aliphatic rings. The highest BCUT2D eigenvalue weighted by Crippen LogP contribution is 2.16. The van der Waals surface area contributed by atoms with Gasteiger partial charge in [0.15, 0.2) is 0 Å². The van der Waals surface area contributed by atoms with Gasteiger partial charge in [-0.3, -0.25) is 0 Å². The largest absolute Gasteiger partial charge is 0.0999 e. The quantitative estimate of drug-likeness (QED) is 0.514. The minimum atomic E-state index is 1.18. The number of rotatable bonds is 6. The summed E-state index contributed by atoms with van der Waals surface area (Å²) in [7, 11) is 0. The van der Waals surface area contributed by atoms with Gasteiger partial charge in [0.05, 0.1) is 0 Å². The van der Waals surface area contributed by atoms with E-state index in [-0.39, 0.29) is 0 Å². The Morgan fingerprint density at radius 3 is 2.67 bits per heavy atom. The highest BCUT2D eigenvalue weighted by Gasteiger charge is 1.99. The lowest BCUT2D eigenvalue weighted by Crippen LogP contribution is -1.90. The summed E-state index contributed by atoms with van der Waals surface area (Å²) >= 11 is 2.41. The molecule has 0 unspecified atom stereocenters. The molecule has 1 heteroatoms. The van der Waals surface area contributed by atoms with Crippen molar-refractivity contribution in [1.82, 2.24) is 0 Å². The van der Waals surface area contributed by atoms with Crippen LogP contribution in [0.5, 0.6) is 0 Å². The van der Waals surface area contributed by atoms with Crippen LogP contribution in [-0.4, -0.2) is 0 Å². The summed E-state index contributed by atoms with van der Waals surface area (Å²) in [5, 5.41) is 0. The van der Waals surface area contributed by atoms with Gasteiger partial charge in [-0.15, -0.1) is 0 Å². The maximum Gasteiger partial charge on any atom is 0.0162 e. The van der Waals surface area contributed by atoms with E-state index in [0.717, 1.165) is 0 Å². The molecule has 0 atom stereocenters. The molecule has 82 valence electrons. The second-order valence-corrected chi connectivity index (χ2v) is 5.11. The molecule has 0 aromatic heterocycles. The molecule has 0 nitrogen and oxygen atoms in total. The van der Waals surface area contributed by atoms with Crippen LogP contribution in [0.2, 0.25) is 0 Å². The summed E-state index contributed by atoms with van der Waals surface area (Å²) in [4.78, 5) is 0. The van der Waals surface area contributed by atoms with Gasteiger partial charge < -0.3 is 0 Å². The van der Waals surface area contributed by atoms with Gasteiger partial charge in [0.1, 0.15) is 0 Å². The Morgan fingerprint density at radius 1 is 1.27 bits per heavy atom. The maximum atomic E-state index is 4.10. The van der Waals surface area contributed by atoms with Gasteiger partial charge in [0, 0.05) is 3.57 Å². The van der Waals surface area contributed by atoms with E-state index in [0.29, 0.717) is 0 Å². The van der Waals surface area contributed by atoms with Crippen LogP contribution in [0, 0.1) is 3.57 Å². The van der Waals surface area contributed by atoms with Crippen molar-refractivity contribution in [3.8, 4) is 0 Å². The number of benzene rings is 1. The SMILES string of the molecule is C=C(CCC)CCCc1ccccc1I. The van der Waals surface area contributed by atoms with Crippen molar-refractivity contribution in [2.24, 2.45) is 0 Å². The predicted octanol–water partition coefficient (Wildman–Crippen LogP) is 4.97. The van der Waals surface area contributed by atoms with Crippen LogP contribution < -0.4 is 0 Å². The van der Waals surface area contributed by atoms with Gasteiger partial charge in [-0.1, -0.05) is 43.7 Å². The summed E-state index contributed by atoms with van der Waals surface area (Å²) in [6.07, 6.45) is 6.01. The summed E-state index contributed by atoms with van der Waals surface area (Å²) < 4.78 is 1.39. The van der Waals surface area contributed by atoms with E-state index in [1.54, 1.807) is 0 Å². The van der Waals surface area contributed by atoms with Crippen LogP contribution in [0.3, 0.4) is 0 Å². The Balaban J connectivity index is 2.32. The lowest BCUT2D eigenvalue weighted by atomic mass is 10.0. The Morgan fingerprint density at radius 2 is 2.00 bits per heavy atom. The molecule has 0 N–H and O–H groups in total. The zero-order valence-corrected chi connectivity index (χ0v) is 11.6. The van der Waals surface area contributed by atoms with Crippen molar-refractivity contribution in [3.63, 3.8) is 0 Å². The zero-order valence-electron chi connectivity index (χ0n) is 9.43. The Hall–Kier alpha value is -0.310. The topological polar surface area (TPSA) is 0 Å². The minimum Gasteiger partial charge on any atom is -0.0999 e. The van der Waals surface area contributed by atoms with E-state index in [1.807, 2.05) is 0 Å². The van der Waals surface area contributed by atoms with Crippen molar-refractivity contribution in [1.29, 1.82) is 0 Å². The molecule has 1 rings (SSSR count). The van der Waals surface area contributed by atoms with Crippen LogP contribution in [0.15, 0.2) is 36.4 Å². The zero-order chi connectivity index (χ0) is 11.1. The molecule has 0 aliphatic carbocycles. The average molecular weight is 314 g/mol. The first-order chi connectivity index (χ1) is 7.24. The van der Waals surface area contributed by atoms with Crippen molar-refractivity contribution >= 4 is 22.6 Å². The smallest absolute Gasteiger partial charge is 0.0162 e. The van der Waals surface area contributed by atoms with Crippen molar-refractivity contribution < 1.29 is 0 Å². The third-order valence-electron chi connectivity index (χ3n) is 2.54.